The van der Waals surface area contributed by atoms with Gasteiger partial charge in [0, 0.05) is 50.1 Å². The van der Waals surface area contributed by atoms with Crippen LogP contribution in [0, 0.1) is 0 Å². The molecule has 0 N–H and O–H groups in total. The molecule has 268 valence electrons. The van der Waals surface area contributed by atoms with E-state index in [1.807, 2.05) is 156 Å². The monoisotopic (exact) mass is 733 g/mol. The second kappa shape index (κ2) is 13.2. The fourth-order valence-electron chi connectivity index (χ4n) is 8.15. The molecular formula is C49H31N7O. The lowest BCUT2D eigenvalue weighted by Gasteiger charge is -2.21. The number of allylic oxidation sites excluding steroid dienone is 4. The van der Waals surface area contributed by atoms with Gasteiger partial charge in [-0.25, -0.2) is 29.9 Å². The Morgan fingerprint density at radius 3 is 1.33 bits per heavy atom. The van der Waals surface area contributed by atoms with E-state index < -0.39 is 0 Å². The van der Waals surface area contributed by atoms with Crippen molar-refractivity contribution in [2.75, 3.05) is 0 Å². The third kappa shape index (κ3) is 5.57. The molecule has 9 aromatic rings. The van der Waals surface area contributed by atoms with Crippen LogP contribution < -0.4 is 5.56 Å². The van der Waals surface area contributed by atoms with Crippen LogP contribution in [0.4, 0.5) is 0 Å². The van der Waals surface area contributed by atoms with Gasteiger partial charge in [0.05, 0.1) is 11.6 Å². The molecule has 0 saturated carbocycles. The zero-order chi connectivity index (χ0) is 37.9. The standard InChI is InChI=1S/C49H31N7O/c57-49-37-24-14-13-23-36(37)39-28-35(48-54-45(32-19-9-3-10-20-32)51-46(55-48)33-21-11-4-12-22-33)29-40-38-27-34(25-26-41(38)56(49)42(39)40)47-52-43(30-15-5-1-6-16-30)50-44(53-47)31-17-7-2-8-18-31/h1-29,38,41H. The van der Waals surface area contributed by atoms with Gasteiger partial charge in [-0.1, -0.05) is 158 Å². The van der Waals surface area contributed by atoms with Crippen molar-refractivity contribution in [2.45, 2.75) is 12.0 Å². The van der Waals surface area contributed by atoms with Crippen molar-refractivity contribution in [1.82, 2.24) is 34.5 Å². The zero-order valence-corrected chi connectivity index (χ0v) is 30.4. The lowest BCUT2D eigenvalue weighted by atomic mass is 9.86. The van der Waals surface area contributed by atoms with Gasteiger partial charge in [0.25, 0.3) is 5.56 Å². The van der Waals surface area contributed by atoms with Gasteiger partial charge in [-0.05, 0) is 29.1 Å². The number of benzene rings is 6. The van der Waals surface area contributed by atoms with Crippen molar-refractivity contribution in [2.24, 2.45) is 0 Å². The van der Waals surface area contributed by atoms with Crippen molar-refractivity contribution in [3.8, 4) is 56.9 Å². The lowest BCUT2D eigenvalue weighted by Crippen LogP contribution is -2.23. The molecule has 0 spiro atoms. The maximum atomic E-state index is 14.4. The largest absolute Gasteiger partial charge is 0.300 e. The molecule has 57 heavy (non-hydrogen) atoms. The summed E-state index contributed by atoms with van der Waals surface area (Å²) in [5.41, 5.74) is 7.20. The van der Waals surface area contributed by atoms with Crippen LogP contribution in [0.5, 0.6) is 0 Å². The van der Waals surface area contributed by atoms with Crippen molar-refractivity contribution in [1.29, 1.82) is 0 Å². The van der Waals surface area contributed by atoms with Gasteiger partial charge in [-0.15, -0.1) is 0 Å². The zero-order valence-electron chi connectivity index (χ0n) is 30.4. The lowest BCUT2D eigenvalue weighted by molar-refractivity contribution is 0.588. The number of nitrogens with zero attached hydrogens (tertiary/aromatic N) is 7. The second-order valence-corrected chi connectivity index (χ2v) is 14.3. The molecule has 2 unspecified atom stereocenters. The van der Waals surface area contributed by atoms with Gasteiger partial charge in [-0.2, -0.15) is 0 Å². The Morgan fingerprint density at radius 2 is 0.842 bits per heavy atom. The average Bonchev–Trinajstić information content (AvgIpc) is 3.63. The van der Waals surface area contributed by atoms with Crippen molar-refractivity contribution in [3.63, 3.8) is 0 Å². The van der Waals surface area contributed by atoms with Crippen LogP contribution in [-0.2, 0) is 0 Å². The van der Waals surface area contributed by atoms with Crippen molar-refractivity contribution >= 4 is 27.2 Å². The second-order valence-electron chi connectivity index (χ2n) is 14.3. The molecule has 2 aliphatic rings. The Hall–Kier alpha value is -7.71. The van der Waals surface area contributed by atoms with Gasteiger partial charge in [-0.3, -0.25) is 9.36 Å². The molecule has 6 aromatic carbocycles. The van der Waals surface area contributed by atoms with E-state index in [1.165, 1.54) is 0 Å². The summed E-state index contributed by atoms with van der Waals surface area (Å²) in [6.45, 7) is 0. The molecular weight excluding hydrogens is 703 g/mol. The predicted molar refractivity (Wildman–Crippen MR) is 225 cm³/mol. The van der Waals surface area contributed by atoms with Crippen LogP contribution in [0.3, 0.4) is 0 Å². The number of rotatable bonds is 6. The topological polar surface area (TPSA) is 99.3 Å². The minimum absolute atomic E-state index is 0.0168. The highest BCUT2D eigenvalue weighted by Gasteiger charge is 2.36. The van der Waals surface area contributed by atoms with Gasteiger partial charge >= 0.3 is 0 Å². The molecule has 2 atom stereocenters. The Bertz CT molecular complexity index is 3030. The first-order valence-corrected chi connectivity index (χ1v) is 18.9. The summed E-state index contributed by atoms with van der Waals surface area (Å²) in [5.74, 6) is 3.29. The summed E-state index contributed by atoms with van der Waals surface area (Å²) < 4.78 is 1.96. The summed E-state index contributed by atoms with van der Waals surface area (Å²) in [7, 11) is 0. The van der Waals surface area contributed by atoms with Gasteiger partial charge in [0.1, 0.15) is 0 Å². The fraction of sp³-hybridized carbons (Fsp3) is 0.0408. The minimum Gasteiger partial charge on any atom is -0.300 e. The van der Waals surface area contributed by atoms with E-state index in [-0.39, 0.29) is 17.5 Å². The van der Waals surface area contributed by atoms with Crippen molar-refractivity contribution in [3.05, 3.63) is 198 Å². The van der Waals surface area contributed by atoms with E-state index in [1.54, 1.807) is 0 Å². The summed E-state index contributed by atoms with van der Waals surface area (Å²) in [6, 6.07) is 51.8. The molecule has 1 aliphatic carbocycles. The number of pyridine rings is 1. The van der Waals surface area contributed by atoms with E-state index in [0.29, 0.717) is 40.3 Å². The molecule has 0 amide bonds. The molecule has 0 fully saturated rings. The Balaban J connectivity index is 1.13. The van der Waals surface area contributed by atoms with Crippen LogP contribution in [-0.4, -0.2) is 34.5 Å². The molecule has 4 heterocycles. The first-order chi connectivity index (χ1) is 28.2. The van der Waals surface area contributed by atoms with Crippen LogP contribution in [0.15, 0.2) is 181 Å². The summed E-state index contributed by atoms with van der Waals surface area (Å²) >= 11 is 0. The normalized spacial score (nSPS) is 15.5. The van der Waals surface area contributed by atoms with E-state index >= 15 is 0 Å². The fourth-order valence-corrected chi connectivity index (χ4v) is 8.15. The third-order valence-corrected chi connectivity index (χ3v) is 10.8. The number of aromatic nitrogens is 7. The smallest absolute Gasteiger partial charge is 0.259 e. The highest BCUT2D eigenvalue weighted by molar-refractivity contribution is 6.09. The highest BCUT2D eigenvalue weighted by atomic mass is 16.1. The number of hydrogen-bond acceptors (Lipinski definition) is 7. The number of fused-ring (bicyclic) bond motifs is 5. The predicted octanol–water partition coefficient (Wildman–Crippen LogP) is 10.2. The van der Waals surface area contributed by atoms with E-state index in [2.05, 4.69) is 24.3 Å². The van der Waals surface area contributed by atoms with Crippen LogP contribution in [0.25, 0.3) is 84.2 Å². The van der Waals surface area contributed by atoms with Gasteiger partial charge < -0.3 is 0 Å². The van der Waals surface area contributed by atoms with E-state index in [4.69, 9.17) is 29.9 Å². The molecule has 8 heteroatoms. The molecule has 3 aromatic heterocycles. The maximum absolute atomic E-state index is 14.4. The highest BCUT2D eigenvalue weighted by Crippen LogP contribution is 2.48. The molecule has 0 bridgehead atoms. The molecule has 0 saturated heterocycles. The molecule has 11 rings (SSSR count). The van der Waals surface area contributed by atoms with Gasteiger partial charge in [0.15, 0.2) is 34.9 Å². The molecule has 8 nitrogen and oxygen atoms in total. The van der Waals surface area contributed by atoms with Gasteiger partial charge in [0.2, 0.25) is 0 Å². The first-order valence-electron chi connectivity index (χ1n) is 18.9. The van der Waals surface area contributed by atoms with E-state index in [9.17, 15) is 4.79 Å². The summed E-state index contributed by atoms with van der Waals surface area (Å²) in [4.78, 5) is 44.5. The quantitative estimate of drug-likeness (QED) is 0.157. The Morgan fingerprint density at radius 1 is 0.421 bits per heavy atom. The Kier molecular flexibility index (Phi) is 7.60. The molecule has 1 aliphatic heterocycles. The SMILES string of the molecule is O=c1c2ccccc2c2cc(-c3nc(-c4ccccc4)nc(-c4ccccc4)n3)cc3c2n1C1C=CC(c2nc(-c4ccccc4)nc(-c4ccccc4)n2)=CC31. The third-order valence-electron chi connectivity index (χ3n) is 10.8. The van der Waals surface area contributed by atoms with Crippen LogP contribution >= 0.6 is 0 Å². The van der Waals surface area contributed by atoms with Crippen LogP contribution in [0.2, 0.25) is 0 Å². The number of hydrogen-bond donors (Lipinski definition) is 0. The summed E-state index contributed by atoms with van der Waals surface area (Å²) in [5, 5.41) is 2.53. The maximum Gasteiger partial charge on any atom is 0.259 e. The van der Waals surface area contributed by atoms with Crippen molar-refractivity contribution < 1.29 is 0 Å². The minimum atomic E-state index is -0.249. The summed E-state index contributed by atoms with van der Waals surface area (Å²) in [6.07, 6.45) is 6.37. The van der Waals surface area contributed by atoms with Crippen LogP contribution in [0.1, 0.15) is 23.3 Å². The first kappa shape index (κ1) is 32.7. The average molecular weight is 734 g/mol. The molecule has 0 radical (unpaired) electrons. The van der Waals surface area contributed by atoms with E-state index in [0.717, 1.165) is 55.2 Å². The Labute approximate surface area is 327 Å².